The first kappa shape index (κ1) is 18.9. The number of amides is 1. The molecule has 1 aliphatic heterocycles. The molecule has 0 spiro atoms. The van der Waals surface area contributed by atoms with Gasteiger partial charge in [-0.15, -0.1) is 0 Å². The van der Waals surface area contributed by atoms with Gasteiger partial charge in [-0.2, -0.15) is 0 Å². The molecule has 2 aromatic carbocycles. The number of piperidine rings is 1. The Hall–Kier alpha value is -1.91. The molecule has 26 heavy (non-hydrogen) atoms. The molecular formula is C22H29NO3. The van der Waals surface area contributed by atoms with Crippen molar-refractivity contribution in [1.82, 2.24) is 4.90 Å². The topological polar surface area (TPSA) is 49.8 Å². The predicted molar refractivity (Wildman–Crippen MR) is 104 cm³/mol. The summed E-state index contributed by atoms with van der Waals surface area (Å²) in [6.45, 7) is 3.39. The van der Waals surface area contributed by atoms with Crippen LogP contribution in [0.3, 0.4) is 0 Å². The molecule has 1 fully saturated rings. The standard InChI is InChI=1S/C22H29NO3/c24-14-3-4-15-26-17-18-10-12-23(13-11-18)22(25)16-20-8-5-7-19-6-1-2-9-21(19)20/h1-2,5-9,18,24H,3-4,10-17H2. The molecule has 0 radical (unpaired) electrons. The van der Waals surface area contributed by atoms with Crippen LogP contribution in [0.1, 0.15) is 31.2 Å². The molecule has 4 nitrogen and oxygen atoms in total. The maximum absolute atomic E-state index is 12.7. The summed E-state index contributed by atoms with van der Waals surface area (Å²) in [6, 6.07) is 14.4. The van der Waals surface area contributed by atoms with Crippen molar-refractivity contribution in [2.24, 2.45) is 5.92 Å². The number of hydrogen-bond donors (Lipinski definition) is 1. The molecule has 2 aromatic rings. The van der Waals surface area contributed by atoms with Crippen molar-refractivity contribution in [3.05, 3.63) is 48.0 Å². The van der Waals surface area contributed by atoms with Crippen LogP contribution in [0.5, 0.6) is 0 Å². The molecule has 3 rings (SSSR count). The second-order valence-electron chi connectivity index (χ2n) is 7.14. The van der Waals surface area contributed by atoms with Crippen LogP contribution < -0.4 is 0 Å². The monoisotopic (exact) mass is 355 g/mol. The number of nitrogens with zero attached hydrogens (tertiary/aromatic N) is 1. The lowest BCUT2D eigenvalue weighted by molar-refractivity contribution is -0.132. The summed E-state index contributed by atoms with van der Waals surface area (Å²) >= 11 is 0. The summed E-state index contributed by atoms with van der Waals surface area (Å²) in [4.78, 5) is 14.7. The molecule has 0 saturated carbocycles. The number of ether oxygens (including phenoxy) is 1. The number of likely N-dealkylation sites (tertiary alicyclic amines) is 1. The van der Waals surface area contributed by atoms with E-state index < -0.39 is 0 Å². The Bertz CT molecular complexity index is 702. The van der Waals surface area contributed by atoms with Crippen LogP contribution >= 0.6 is 0 Å². The van der Waals surface area contributed by atoms with E-state index in [9.17, 15) is 4.79 Å². The summed E-state index contributed by atoms with van der Waals surface area (Å²) < 4.78 is 5.70. The Balaban J connectivity index is 1.46. The van der Waals surface area contributed by atoms with Crippen molar-refractivity contribution >= 4 is 16.7 Å². The Morgan fingerprint density at radius 2 is 1.85 bits per heavy atom. The van der Waals surface area contributed by atoms with E-state index in [1.807, 2.05) is 23.1 Å². The first-order valence-corrected chi connectivity index (χ1v) is 9.71. The van der Waals surface area contributed by atoms with Crippen molar-refractivity contribution in [2.45, 2.75) is 32.1 Å². The summed E-state index contributed by atoms with van der Waals surface area (Å²) in [5.41, 5.74) is 1.11. The van der Waals surface area contributed by atoms with Crippen LogP contribution in [-0.2, 0) is 16.0 Å². The lowest BCUT2D eigenvalue weighted by Crippen LogP contribution is -2.40. The first-order valence-electron chi connectivity index (χ1n) is 9.71. The smallest absolute Gasteiger partial charge is 0.227 e. The molecular weight excluding hydrogens is 326 g/mol. The molecule has 0 atom stereocenters. The Morgan fingerprint density at radius 3 is 2.65 bits per heavy atom. The van der Waals surface area contributed by atoms with Crippen LogP contribution in [0.15, 0.2) is 42.5 Å². The molecule has 1 amide bonds. The van der Waals surface area contributed by atoms with E-state index in [0.717, 1.165) is 57.6 Å². The van der Waals surface area contributed by atoms with E-state index in [4.69, 9.17) is 9.84 Å². The van der Waals surface area contributed by atoms with E-state index >= 15 is 0 Å². The lowest BCUT2D eigenvalue weighted by Gasteiger charge is -2.32. The molecule has 4 heteroatoms. The molecule has 140 valence electrons. The number of carbonyl (C=O) groups is 1. The van der Waals surface area contributed by atoms with Gasteiger partial charge in [0.15, 0.2) is 0 Å². The van der Waals surface area contributed by atoms with Gasteiger partial charge in [-0.25, -0.2) is 0 Å². The average molecular weight is 355 g/mol. The fraction of sp³-hybridized carbons (Fsp3) is 0.500. The minimum absolute atomic E-state index is 0.226. The highest BCUT2D eigenvalue weighted by Gasteiger charge is 2.23. The van der Waals surface area contributed by atoms with Crippen LogP contribution in [0.4, 0.5) is 0 Å². The molecule has 0 unspecified atom stereocenters. The minimum Gasteiger partial charge on any atom is -0.396 e. The summed E-state index contributed by atoms with van der Waals surface area (Å²) in [5.74, 6) is 0.773. The molecule has 0 aromatic heterocycles. The zero-order valence-corrected chi connectivity index (χ0v) is 15.4. The van der Waals surface area contributed by atoms with Crippen molar-refractivity contribution in [1.29, 1.82) is 0 Å². The Labute approximate surface area is 155 Å². The third-order valence-corrected chi connectivity index (χ3v) is 5.24. The highest BCUT2D eigenvalue weighted by Crippen LogP contribution is 2.22. The Morgan fingerprint density at radius 1 is 1.08 bits per heavy atom. The first-order chi connectivity index (χ1) is 12.8. The summed E-state index contributed by atoms with van der Waals surface area (Å²) in [7, 11) is 0. The molecule has 1 heterocycles. The van der Waals surface area contributed by atoms with E-state index in [0.29, 0.717) is 12.3 Å². The van der Waals surface area contributed by atoms with Crippen molar-refractivity contribution in [3.8, 4) is 0 Å². The summed E-state index contributed by atoms with van der Waals surface area (Å²) in [6.07, 6.45) is 4.23. The van der Waals surface area contributed by atoms with Crippen LogP contribution in [-0.4, -0.2) is 48.8 Å². The number of carbonyl (C=O) groups excluding carboxylic acids is 1. The van der Waals surface area contributed by atoms with Gasteiger partial charge in [-0.3, -0.25) is 4.79 Å². The minimum atomic E-state index is 0.226. The number of aliphatic hydroxyl groups excluding tert-OH is 1. The molecule has 1 saturated heterocycles. The lowest BCUT2D eigenvalue weighted by atomic mass is 9.96. The van der Waals surface area contributed by atoms with Crippen molar-refractivity contribution in [2.75, 3.05) is 32.9 Å². The maximum Gasteiger partial charge on any atom is 0.227 e. The van der Waals surface area contributed by atoms with E-state index in [1.165, 1.54) is 10.8 Å². The van der Waals surface area contributed by atoms with Gasteiger partial charge in [0.2, 0.25) is 5.91 Å². The number of unbranched alkanes of at least 4 members (excludes halogenated alkanes) is 1. The van der Waals surface area contributed by atoms with Gasteiger partial charge in [0.1, 0.15) is 0 Å². The second-order valence-corrected chi connectivity index (χ2v) is 7.14. The number of fused-ring (bicyclic) bond motifs is 1. The van der Waals surface area contributed by atoms with Gasteiger partial charge in [-0.05, 0) is 47.9 Å². The fourth-order valence-electron chi connectivity index (χ4n) is 3.64. The fourth-order valence-corrected chi connectivity index (χ4v) is 3.64. The van der Waals surface area contributed by atoms with Gasteiger partial charge in [0.25, 0.3) is 0 Å². The van der Waals surface area contributed by atoms with E-state index in [2.05, 4.69) is 24.3 Å². The zero-order valence-electron chi connectivity index (χ0n) is 15.4. The largest absolute Gasteiger partial charge is 0.396 e. The van der Waals surface area contributed by atoms with Crippen molar-refractivity contribution < 1.29 is 14.6 Å². The van der Waals surface area contributed by atoms with Crippen LogP contribution in [0.2, 0.25) is 0 Å². The predicted octanol–water partition coefficient (Wildman–Crippen LogP) is 3.41. The van der Waals surface area contributed by atoms with Gasteiger partial charge in [0, 0.05) is 32.9 Å². The van der Waals surface area contributed by atoms with Gasteiger partial charge in [0.05, 0.1) is 6.42 Å². The number of hydrogen-bond acceptors (Lipinski definition) is 3. The van der Waals surface area contributed by atoms with Gasteiger partial charge in [-0.1, -0.05) is 42.5 Å². The molecule has 1 aliphatic rings. The highest BCUT2D eigenvalue weighted by molar-refractivity contribution is 5.90. The SMILES string of the molecule is O=C(Cc1cccc2ccccc12)N1CCC(COCCCCO)CC1. The second kappa shape index (κ2) is 9.70. The van der Waals surface area contributed by atoms with Crippen molar-refractivity contribution in [3.63, 3.8) is 0 Å². The zero-order chi connectivity index (χ0) is 18.2. The average Bonchev–Trinajstić information content (AvgIpc) is 2.68. The number of aliphatic hydroxyl groups is 1. The van der Waals surface area contributed by atoms with E-state index in [1.54, 1.807) is 0 Å². The Kier molecular flexibility index (Phi) is 7.04. The van der Waals surface area contributed by atoms with Crippen LogP contribution in [0, 0.1) is 5.92 Å². The summed E-state index contributed by atoms with van der Waals surface area (Å²) in [5, 5.41) is 11.1. The molecule has 0 bridgehead atoms. The highest BCUT2D eigenvalue weighted by atomic mass is 16.5. The number of rotatable bonds is 8. The third-order valence-electron chi connectivity index (χ3n) is 5.24. The maximum atomic E-state index is 12.7. The number of benzene rings is 2. The van der Waals surface area contributed by atoms with Crippen LogP contribution in [0.25, 0.3) is 10.8 Å². The van der Waals surface area contributed by atoms with Gasteiger partial charge < -0.3 is 14.7 Å². The third kappa shape index (κ3) is 5.05. The normalized spacial score (nSPS) is 15.5. The quantitative estimate of drug-likeness (QED) is 0.738. The van der Waals surface area contributed by atoms with Gasteiger partial charge >= 0.3 is 0 Å². The van der Waals surface area contributed by atoms with E-state index in [-0.39, 0.29) is 12.5 Å². The molecule has 1 N–H and O–H groups in total. The molecule has 0 aliphatic carbocycles.